The van der Waals surface area contributed by atoms with Crippen LogP contribution in [0.4, 0.5) is 16.3 Å². The molecule has 6 rings (SSSR count). The van der Waals surface area contributed by atoms with Crippen LogP contribution in [0, 0.1) is 0 Å². The number of ether oxygens (including phenoxy) is 2. The van der Waals surface area contributed by atoms with Crippen molar-refractivity contribution in [3.8, 4) is 23.1 Å². The third-order valence-corrected chi connectivity index (χ3v) is 6.66. The summed E-state index contributed by atoms with van der Waals surface area (Å²) in [7, 11) is 1.61. The van der Waals surface area contributed by atoms with Gasteiger partial charge >= 0.3 is 11.7 Å². The standard InChI is InChI=1S/C30H28N8O4/c1-30(2,3)23-15-24(38(37-23)17-9-11-18(41-4)12-10-17)34-28(39)33-21-13-14-22(20-8-6-5-7-19(20)21)42-27-25-26(31-16-32-27)36-29(40)35-25/h5-16H,1-4H3,(H2,33,34,39)(H2,31,32,35,36,40). The number of methoxy groups -OCH3 is 1. The van der Waals surface area contributed by atoms with Crippen LogP contribution in [0.5, 0.6) is 17.4 Å². The van der Waals surface area contributed by atoms with Crippen molar-refractivity contribution in [3.63, 3.8) is 0 Å². The number of rotatable bonds is 6. The molecular formula is C30H28N8O4. The number of hydrogen-bond acceptors (Lipinski definition) is 7. The van der Waals surface area contributed by atoms with E-state index < -0.39 is 11.7 Å². The maximum Gasteiger partial charge on any atom is 0.325 e. The molecule has 0 saturated heterocycles. The van der Waals surface area contributed by atoms with Gasteiger partial charge in [0.2, 0.25) is 5.88 Å². The van der Waals surface area contributed by atoms with E-state index in [1.807, 2.05) is 54.6 Å². The number of carbonyl (C=O) groups is 1. The lowest BCUT2D eigenvalue weighted by Crippen LogP contribution is -2.21. The zero-order chi connectivity index (χ0) is 29.4. The lowest BCUT2D eigenvalue weighted by atomic mass is 9.92. The molecule has 2 amide bonds. The van der Waals surface area contributed by atoms with Crippen LogP contribution in [-0.2, 0) is 5.41 Å². The van der Waals surface area contributed by atoms with Crippen molar-refractivity contribution in [2.45, 2.75) is 26.2 Å². The van der Waals surface area contributed by atoms with Crippen molar-refractivity contribution in [2.24, 2.45) is 0 Å². The van der Waals surface area contributed by atoms with Gasteiger partial charge in [-0.1, -0.05) is 45.0 Å². The first kappa shape index (κ1) is 26.6. The number of carbonyl (C=O) groups excluding carboxylic acids is 1. The minimum atomic E-state index is -0.439. The molecule has 0 aliphatic rings. The lowest BCUT2D eigenvalue weighted by Gasteiger charge is -2.14. The van der Waals surface area contributed by atoms with Gasteiger partial charge in [-0.15, -0.1) is 0 Å². The van der Waals surface area contributed by atoms with Gasteiger partial charge in [-0.2, -0.15) is 10.1 Å². The summed E-state index contributed by atoms with van der Waals surface area (Å²) in [6.07, 6.45) is 1.31. The van der Waals surface area contributed by atoms with Crippen LogP contribution < -0.4 is 25.8 Å². The normalized spacial score (nSPS) is 11.5. The Kier molecular flexibility index (Phi) is 6.57. The van der Waals surface area contributed by atoms with Crippen LogP contribution in [-0.4, -0.2) is 42.9 Å². The van der Waals surface area contributed by atoms with Gasteiger partial charge in [0.05, 0.1) is 24.2 Å². The first-order chi connectivity index (χ1) is 20.2. The van der Waals surface area contributed by atoms with Crippen molar-refractivity contribution in [1.82, 2.24) is 29.7 Å². The molecule has 3 aromatic carbocycles. The topological polar surface area (TPSA) is 152 Å². The number of anilines is 2. The molecule has 0 saturated carbocycles. The van der Waals surface area contributed by atoms with Crippen LogP contribution in [0.1, 0.15) is 26.5 Å². The summed E-state index contributed by atoms with van der Waals surface area (Å²) in [5.41, 5.74) is 2.22. The fraction of sp³-hybridized carbons (Fsp3) is 0.167. The predicted octanol–water partition coefficient (Wildman–Crippen LogP) is 5.73. The highest BCUT2D eigenvalue weighted by atomic mass is 16.5. The van der Waals surface area contributed by atoms with Crippen molar-refractivity contribution >= 4 is 39.5 Å². The molecule has 0 atom stereocenters. The van der Waals surface area contributed by atoms with Gasteiger partial charge < -0.3 is 14.8 Å². The number of H-pyrrole nitrogens is 2. The molecule has 0 spiro atoms. The quantitative estimate of drug-likeness (QED) is 0.202. The summed E-state index contributed by atoms with van der Waals surface area (Å²) in [6, 6.07) is 19.8. The van der Waals surface area contributed by atoms with Crippen molar-refractivity contribution in [3.05, 3.63) is 89.2 Å². The van der Waals surface area contributed by atoms with Crippen LogP contribution >= 0.6 is 0 Å². The Labute approximate surface area is 239 Å². The third kappa shape index (κ3) is 5.12. The van der Waals surface area contributed by atoms with Crippen molar-refractivity contribution < 1.29 is 14.3 Å². The first-order valence-electron chi connectivity index (χ1n) is 13.2. The number of nitrogens with one attached hydrogen (secondary N) is 4. The maximum atomic E-state index is 13.3. The van der Waals surface area contributed by atoms with E-state index in [0.717, 1.165) is 27.9 Å². The average molecular weight is 565 g/mol. The third-order valence-electron chi connectivity index (χ3n) is 6.66. The molecule has 4 N–H and O–H groups in total. The molecule has 0 aliphatic carbocycles. The average Bonchev–Trinajstić information content (AvgIpc) is 3.58. The molecule has 212 valence electrons. The fourth-order valence-electron chi connectivity index (χ4n) is 4.51. The van der Waals surface area contributed by atoms with Crippen LogP contribution in [0.25, 0.3) is 27.6 Å². The second-order valence-electron chi connectivity index (χ2n) is 10.6. The monoisotopic (exact) mass is 564 g/mol. The highest BCUT2D eigenvalue weighted by molar-refractivity contribution is 6.07. The zero-order valence-electron chi connectivity index (χ0n) is 23.4. The molecular weight excluding hydrogens is 536 g/mol. The number of fused-ring (bicyclic) bond motifs is 2. The van der Waals surface area contributed by atoms with E-state index in [9.17, 15) is 9.59 Å². The van der Waals surface area contributed by atoms with Crippen molar-refractivity contribution in [1.29, 1.82) is 0 Å². The van der Waals surface area contributed by atoms with Crippen LogP contribution in [0.15, 0.2) is 77.9 Å². The van der Waals surface area contributed by atoms with Crippen LogP contribution in [0.3, 0.4) is 0 Å². The molecule has 3 heterocycles. The Morgan fingerprint density at radius 3 is 2.43 bits per heavy atom. The van der Waals surface area contributed by atoms with E-state index in [4.69, 9.17) is 14.6 Å². The van der Waals surface area contributed by atoms with Gasteiger partial charge in [-0.3, -0.25) is 15.3 Å². The lowest BCUT2D eigenvalue weighted by molar-refractivity contribution is 0.262. The molecule has 42 heavy (non-hydrogen) atoms. The summed E-state index contributed by atoms with van der Waals surface area (Å²) in [4.78, 5) is 38.6. The Balaban J connectivity index is 1.29. The summed E-state index contributed by atoms with van der Waals surface area (Å²) < 4.78 is 13.1. The minimum absolute atomic E-state index is 0.198. The molecule has 6 aromatic rings. The maximum absolute atomic E-state index is 13.3. The smallest absolute Gasteiger partial charge is 0.325 e. The van der Waals surface area contributed by atoms with Gasteiger partial charge in [-0.25, -0.2) is 19.3 Å². The van der Waals surface area contributed by atoms with Gasteiger partial charge in [0.1, 0.15) is 29.2 Å². The summed E-state index contributed by atoms with van der Waals surface area (Å²) >= 11 is 0. The Morgan fingerprint density at radius 1 is 0.929 bits per heavy atom. The number of imidazole rings is 1. The van der Waals surface area contributed by atoms with Gasteiger partial charge in [0.25, 0.3) is 0 Å². The molecule has 0 radical (unpaired) electrons. The number of amides is 2. The van der Waals surface area contributed by atoms with E-state index in [2.05, 4.69) is 51.3 Å². The highest BCUT2D eigenvalue weighted by Crippen LogP contribution is 2.35. The second kappa shape index (κ2) is 10.4. The Bertz CT molecular complexity index is 1980. The van der Waals surface area contributed by atoms with E-state index >= 15 is 0 Å². The molecule has 0 unspecified atom stereocenters. The molecule has 12 heteroatoms. The van der Waals surface area contributed by atoms with E-state index in [0.29, 0.717) is 28.4 Å². The summed E-state index contributed by atoms with van der Waals surface area (Å²) in [5.74, 6) is 1.92. The van der Waals surface area contributed by atoms with Crippen molar-refractivity contribution in [2.75, 3.05) is 17.7 Å². The predicted molar refractivity (Wildman–Crippen MR) is 160 cm³/mol. The summed E-state index contributed by atoms with van der Waals surface area (Å²) in [5, 5.41) is 12.2. The SMILES string of the molecule is COc1ccc(-n2nc(C(C)(C)C)cc2NC(=O)Nc2ccc(Oc3ncnc4[nH]c(=O)[nH]c34)c3ccccc23)cc1. The zero-order valence-corrected chi connectivity index (χ0v) is 23.4. The number of benzene rings is 3. The molecule has 0 fully saturated rings. The molecule has 12 nitrogen and oxygen atoms in total. The number of aromatic amines is 2. The fourth-order valence-corrected chi connectivity index (χ4v) is 4.51. The number of nitrogens with zero attached hydrogens (tertiary/aromatic N) is 4. The van der Waals surface area contributed by atoms with E-state index in [1.54, 1.807) is 23.9 Å². The Morgan fingerprint density at radius 2 is 1.69 bits per heavy atom. The molecule has 0 aliphatic heterocycles. The number of urea groups is 1. The molecule has 0 bridgehead atoms. The number of hydrogen-bond donors (Lipinski definition) is 4. The Hall–Kier alpha value is -5.65. The highest BCUT2D eigenvalue weighted by Gasteiger charge is 2.22. The van der Waals surface area contributed by atoms with Gasteiger partial charge in [0.15, 0.2) is 5.65 Å². The largest absolute Gasteiger partial charge is 0.497 e. The van der Waals surface area contributed by atoms with Gasteiger partial charge in [-0.05, 0) is 36.4 Å². The van der Waals surface area contributed by atoms with Gasteiger partial charge in [0, 0.05) is 22.3 Å². The van der Waals surface area contributed by atoms with E-state index in [-0.39, 0.29) is 11.3 Å². The molecule has 3 aromatic heterocycles. The second-order valence-corrected chi connectivity index (χ2v) is 10.6. The number of aromatic nitrogens is 6. The van der Waals surface area contributed by atoms with Crippen LogP contribution in [0.2, 0.25) is 0 Å². The first-order valence-corrected chi connectivity index (χ1v) is 13.2. The van der Waals surface area contributed by atoms with E-state index in [1.165, 1.54) is 6.33 Å². The summed E-state index contributed by atoms with van der Waals surface area (Å²) in [6.45, 7) is 6.19. The minimum Gasteiger partial charge on any atom is -0.497 e.